The third kappa shape index (κ3) is 5.53. The fraction of sp³-hybridized carbons (Fsp3) is 0.364. The van der Waals surface area contributed by atoms with Gasteiger partial charge in [-0.05, 0) is 48.9 Å². The molecule has 0 spiro atoms. The number of hydrogen-bond donors (Lipinski definition) is 1. The predicted molar refractivity (Wildman–Crippen MR) is 106 cm³/mol. The van der Waals surface area contributed by atoms with Gasteiger partial charge in [-0.1, -0.05) is 6.07 Å². The Morgan fingerprint density at radius 2 is 1.90 bits per heavy atom. The summed E-state index contributed by atoms with van der Waals surface area (Å²) in [4.78, 5) is 16.3. The number of nitriles is 1. The number of hydrogen-bond acceptors (Lipinski definition) is 5. The van der Waals surface area contributed by atoms with Crippen molar-refractivity contribution in [3.05, 3.63) is 65.0 Å². The molecule has 3 rings (SSSR count). The average molecular weight is 397 g/mol. The lowest BCUT2D eigenvalue weighted by molar-refractivity contribution is 0.0403. The summed E-state index contributed by atoms with van der Waals surface area (Å²) < 4.78 is 19.3. The molecule has 6 nitrogen and oxygen atoms in total. The van der Waals surface area contributed by atoms with Crippen LogP contribution in [-0.2, 0) is 0 Å². The first-order valence-electron chi connectivity index (χ1n) is 9.55. The lowest BCUT2D eigenvalue weighted by Crippen LogP contribution is -2.51. The Morgan fingerprint density at radius 1 is 1.21 bits per heavy atom. The first kappa shape index (κ1) is 20.8. The van der Waals surface area contributed by atoms with Crippen molar-refractivity contribution < 1.29 is 19.0 Å². The summed E-state index contributed by atoms with van der Waals surface area (Å²) in [7, 11) is 0. The summed E-state index contributed by atoms with van der Waals surface area (Å²) in [6.07, 6.45) is -0.668. The van der Waals surface area contributed by atoms with Crippen molar-refractivity contribution in [1.29, 1.82) is 5.26 Å². The fourth-order valence-electron chi connectivity index (χ4n) is 3.21. The van der Waals surface area contributed by atoms with Crippen molar-refractivity contribution in [1.82, 2.24) is 9.80 Å². The zero-order valence-corrected chi connectivity index (χ0v) is 16.3. The second kappa shape index (κ2) is 9.50. The predicted octanol–water partition coefficient (Wildman–Crippen LogP) is 2.20. The van der Waals surface area contributed by atoms with E-state index >= 15 is 0 Å². The van der Waals surface area contributed by atoms with Gasteiger partial charge in [-0.25, -0.2) is 4.39 Å². The molecule has 1 fully saturated rings. The number of nitrogens with zero attached hydrogens (tertiary/aromatic N) is 3. The summed E-state index contributed by atoms with van der Waals surface area (Å²) in [6.45, 7) is 4.57. The minimum absolute atomic E-state index is 0.147. The second-order valence-corrected chi connectivity index (χ2v) is 7.16. The van der Waals surface area contributed by atoms with E-state index in [1.807, 2.05) is 6.07 Å². The molecule has 7 heteroatoms. The zero-order chi connectivity index (χ0) is 20.8. The third-order valence-electron chi connectivity index (χ3n) is 4.97. The van der Waals surface area contributed by atoms with E-state index in [0.717, 1.165) is 0 Å². The molecule has 1 heterocycles. The van der Waals surface area contributed by atoms with E-state index in [9.17, 15) is 14.3 Å². The molecule has 1 aliphatic heterocycles. The van der Waals surface area contributed by atoms with Crippen LogP contribution in [0.3, 0.4) is 0 Å². The molecule has 0 bridgehead atoms. The number of aliphatic hydroxyl groups is 1. The smallest absolute Gasteiger partial charge is 0.254 e. The summed E-state index contributed by atoms with van der Waals surface area (Å²) >= 11 is 0. The number of piperazine rings is 1. The fourth-order valence-corrected chi connectivity index (χ4v) is 3.21. The van der Waals surface area contributed by atoms with Gasteiger partial charge in [0.15, 0.2) is 0 Å². The second-order valence-electron chi connectivity index (χ2n) is 7.16. The standard InChI is InChI=1S/C22H24FN3O3/c1-16-2-5-18(12-21(16)23)22(28)26-10-8-25(9-11-26)14-19(27)15-29-20-6-3-17(13-24)4-7-20/h2-7,12,19,27H,8-11,14-15H2,1H3. The van der Waals surface area contributed by atoms with Gasteiger partial charge in [-0.3, -0.25) is 9.69 Å². The van der Waals surface area contributed by atoms with Gasteiger partial charge < -0.3 is 14.7 Å². The number of ether oxygens (including phenoxy) is 1. The highest BCUT2D eigenvalue weighted by Gasteiger charge is 2.24. The Kier molecular flexibility index (Phi) is 6.81. The Bertz CT molecular complexity index is 887. The van der Waals surface area contributed by atoms with E-state index in [-0.39, 0.29) is 18.3 Å². The SMILES string of the molecule is Cc1ccc(C(=O)N2CCN(CC(O)COc3ccc(C#N)cc3)CC2)cc1F. The average Bonchev–Trinajstić information content (AvgIpc) is 2.74. The van der Waals surface area contributed by atoms with Crippen LogP contribution in [0, 0.1) is 24.1 Å². The van der Waals surface area contributed by atoms with Gasteiger partial charge in [0.05, 0.1) is 11.6 Å². The van der Waals surface area contributed by atoms with Crippen LogP contribution in [0.4, 0.5) is 4.39 Å². The number of aliphatic hydroxyl groups excluding tert-OH is 1. The highest BCUT2D eigenvalue weighted by Crippen LogP contribution is 2.14. The molecule has 0 saturated carbocycles. The van der Waals surface area contributed by atoms with Gasteiger partial charge in [-0.2, -0.15) is 5.26 Å². The van der Waals surface area contributed by atoms with Gasteiger partial charge in [0.25, 0.3) is 5.91 Å². The highest BCUT2D eigenvalue weighted by molar-refractivity contribution is 5.94. The monoisotopic (exact) mass is 397 g/mol. The topological polar surface area (TPSA) is 76.8 Å². The summed E-state index contributed by atoms with van der Waals surface area (Å²) in [5.41, 5.74) is 1.43. The van der Waals surface area contributed by atoms with Crippen molar-refractivity contribution in [2.75, 3.05) is 39.3 Å². The molecule has 0 aliphatic carbocycles. The number of halogens is 1. The molecule has 1 N–H and O–H groups in total. The Balaban J connectivity index is 1.43. The maximum atomic E-state index is 13.7. The third-order valence-corrected chi connectivity index (χ3v) is 4.97. The van der Waals surface area contributed by atoms with Crippen LogP contribution in [0.15, 0.2) is 42.5 Å². The summed E-state index contributed by atoms with van der Waals surface area (Å²) in [5.74, 6) is 0.0527. The molecular formula is C22H24FN3O3. The van der Waals surface area contributed by atoms with Crippen molar-refractivity contribution in [2.24, 2.45) is 0 Å². The van der Waals surface area contributed by atoms with Gasteiger partial charge >= 0.3 is 0 Å². The van der Waals surface area contributed by atoms with Crippen molar-refractivity contribution in [3.63, 3.8) is 0 Å². The Morgan fingerprint density at radius 3 is 2.52 bits per heavy atom. The maximum absolute atomic E-state index is 13.7. The van der Waals surface area contributed by atoms with Gasteiger partial charge in [-0.15, -0.1) is 0 Å². The van der Waals surface area contributed by atoms with Crippen molar-refractivity contribution in [3.8, 4) is 11.8 Å². The molecule has 0 radical (unpaired) electrons. The van der Waals surface area contributed by atoms with Crippen LogP contribution in [0.5, 0.6) is 5.75 Å². The summed E-state index contributed by atoms with van der Waals surface area (Å²) in [6, 6.07) is 13.3. The van der Waals surface area contributed by atoms with Crippen LogP contribution in [0.1, 0.15) is 21.5 Å². The number of β-amino-alcohol motifs (C(OH)–C–C–N with tert-alkyl or cyclic N) is 1. The van der Waals surface area contributed by atoms with E-state index in [2.05, 4.69) is 4.90 Å². The van der Waals surface area contributed by atoms with E-state index in [1.54, 1.807) is 48.2 Å². The normalized spacial score (nSPS) is 15.6. The number of rotatable bonds is 6. The molecule has 1 aliphatic rings. The van der Waals surface area contributed by atoms with E-state index in [0.29, 0.717) is 55.2 Å². The van der Waals surface area contributed by atoms with E-state index < -0.39 is 6.10 Å². The molecule has 1 unspecified atom stereocenters. The Labute approximate surface area is 169 Å². The van der Waals surface area contributed by atoms with Crippen molar-refractivity contribution in [2.45, 2.75) is 13.0 Å². The van der Waals surface area contributed by atoms with Crippen LogP contribution >= 0.6 is 0 Å². The van der Waals surface area contributed by atoms with Crippen LogP contribution in [0.2, 0.25) is 0 Å². The van der Waals surface area contributed by atoms with Crippen LogP contribution < -0.4 is 4.74 Å². The van der Waals surface area contributed by atoms with Crippen LogP contribution in [-0.4, -0.2) is 66.2 Å². The molecule has 152 valence electrons. The molecule has 0 aromatic heterocycles. The number of aryl methyl sites for hydroxylation is 1. The maximum Gasteiger partial charge on any atom is 0.254 e. The van der Waals surface area contributed by atoms with E-state index in [1.165, 1.54) is 6.07 Å². The van der Waals surface area contributed by atoms with Gasteiger partial charge in [0.2, 0.25) is 0 Å². The molecule has 1 saturated heterocycles. The lowest BCUT2D eigenvalue weighted by atomic mass is 10.1. The first-order valence-corrected chi connectivity index (χ1v) is 9.55. The minimum atomic E-state index is -0.668. The van der Waals surface area contributed by atoms with E-state index in [4.69, 9.17) is 10.00 Å². The summed E-state index contributed by atoms with van der Waals surface area (Å²) in [5, 5.41) is 19.0. The zero-order valence-electron chi connectivity index (χ0n) is 16.3. The lowest BCUT2D eigenvalue weighted by Gasteiger charge is -2.35. The van der Waals surface area contributed by atoms with Gasteiger partial charge in [0, 0.05) is 38.3 Å². The molecular weight excluding hydrogens is 373 g/mol. The Hall–Kier alpha value is -2.95. The molecule has 1 atom stereocenters. The molecule has 2 aromatic carbocycles. The number of carbonyl (C=O) groups is 1. The first-order chi connectivity index (χ1) is 14.0. The van der Waals surface area contributed by atoms with Crippen molar-refractivity contribution >= 4 is 5.91 Å². The minimum Gasteiger partial charge on any atom is -0.491 e. The number of amides is 1. The molecule has 29 heavy (non-hydrogen) atoms. The largest absolute Gasteiger partial charge is 0.491 e. The highest BCUT2D eigenvalue weighted by atomic mass is 19.1. The van der Waals surface area contributed by atoms with Crippen LogP contribution in [0.25, 0.3) is 0 Å². The molecule has 2 aromatic rings. The molecule has 1 amide bonds. The number of benzene rings is 2. The number of carbonyl (C=O) groups excluding carboxylic acids is 1. The van der Waals surface area contributed by atoms with Gasteiger partial charge in [0.1, 0.15) is 24.3 Å². The quantitative estimate of drug-likeness (QED) is 0.809.